The van der Waals surface area contributed by atoms with Crippen molar-refractivity contribution in [1.82, 2.24) is 0 Å². The van der Waals surface area contributed by atoms with Crippen LogP contribution < -0.4 is 5.46 Å². The maximum Gasteiger partial charge on any atom is 0.305 e. The van der Waals surface area contributed by atoms with Gasteiger partial charge in [0.1, 0.15) is 11.2 Å². The fraction of sp³-hybridized carbons (Fsp3) is 0. The lowest BCUT2D eigenvalue weighted by molar-refractivity contribution is 0.615. The van der Waals surface area contributed by atoms with Crippen molar-refractivity contribution in [1.29, 1.82) is 0 Å². The lowest BCUT2D eigenvalue weighted by atomic mass is 9.85. The zero-order valence-electron chi connectivity index (χ0n) is 10.3. The number of hydrogen-bond donors (Lipinski definition) is 1. The largest absolute Gasteiger partial charge is 0.456 e. The van der Waals surface area contributed by atoms with Crippen molar-refractivity contribution in [2.45, 2.75) is 0 Å². The van der Waals surface area contributed by atoms with Crippen LogP contribution in [0.25, 0.3) is 32.7 Å². The molecule has 0 aliphatic carbocycles. The highest BCUT2D eigenvalue weighted by atomic mass is 16.3. The molecule has 0 radical (unpaired) electrons. The molecule has 19 heavy (non-hydrogen) atoms. The van der Waals surface area contributed by atoms with Crippen LogP contribution in [0.2, 0.25) is 0 Å². The molecular weight excluding hydrogens is 235 g/mol. The van der Waals surface area contributed by atoms with E-state index in [0.29, 0.717) is 0 Å². The summed E-state index contributed by atoms with van der Waals surface area (Å²) in [6, 6.07) is 18.2. The van der Waals surface area contributed by atoms with Crippen molar-refractivity contribution < 1.29 is 9.44 Å². The van der Waals surface area contributed by atoms with Gasteiger partial charge in [0.2, 0.25) is 0 Å². The van der Waals surface area contributed by atoms with Crippen LogP contribution in [0.3, 0.4) is 0 Å². The molecule has 90 valence electrons. The van der Waals surface area contributed by atoms with Crippen LogP contribution in [0.1, 0.15) is 0 Å². The number of hydrogen-bond acceptors (Lipinski definition) is 2. The lowest BCUT2D eigenvalue weighted by Crippen LogP contribution is -2.13. The Labute approximate surface area is 110 Å². The molecule has 4 aromatic rings. The first-order valence-electron chi connectivity index (χ1n) is 6.30. The third-order valence-corrected chi connectivity index (χ3v) is 3.62. The minimum atomic E-state index is 0.0266. The van der Waals surface area contributed by atoms with Crippen molar-refractivity contribution in [3.05, 3.63) is 54.6 Å². The molecule has 2 nitrogen and oxygen atoms in total. The van der Waals surface area contributed by atoms with E-state index in [1.165, 1.54) is 10.8 Å². The summed E-state index contributed by atoms with van der Waals surface area (Å²) < 4.78 is 5.89. The Morgan fingerprint density at radius 3 is 2.42 bits per heavy atom. The molecule has 3 heteroatoms. The maximum atomic E-state index is 9.49. The summed E-state index contributed by atoms with van der Waals surface area (Å²) in [6.45, 7) is 0. The van der Waals surface area contributed by atoms with Crippen molar-refractivity contribution >= 4 is 45.7 Å². The monoisotopic (exact) mass is 246 g/mol. The van der Waals surface area contributed by atoms with Crippen molar-refractivity contribution in [2.24, 2.45) is 0 Å². The molecular formula is C16H11BO2. The highest BCUT2D eigenvalue weighted by molar-refractivity contribution is 6.51. The molecule has 0 atom stereocenters. The molecule has 0 saturated carbocycles. The van der Waals surface area contributed by atoms with Crippen LogP contribution in [0, 0.1) is 0 Å². The minimum absolute atomic E-state index is 0.0266. The lowest BCUT2D eigenvalue weighted by Gasteiger charge is -1.99. The third kappa shape index (κ3) is 1.49. The third-order valence-electron chi connectivity index (χ3n) is 3.62. The minimum Gasteiger partial charge on any atom is -0.456 e. The van der Waals surface area contributed by atoms with Crippen LogP contribution in [0.4, 0.5) is 0 Å². The van der Waals surface area contributed by atoms with E-state index < -0.39 is 0 Å². The van der Waals surface area contributed by atoms with Crippen molar-refractivity contribution in [3.8, 4) is 0 Å². The fourth-order valence-electron chi connectivity index (χ4n) is 2.72. The topological polar surface area (TPSA) is 33.4 Å². The summed E-state index contributed by atoms with van der Waals surface area (Å²) in [6.07, 6.45) is 0. The predicted octanol–water partition coefficient (Wildman–Crippen LogP) is 2.71. The Kier molecular flexibility index (Phi) is 2.17. The van der Waals surface area contributed by atoms with Crippen LogP contribution in [0.5, 0.6) is 0 Å². The Morgan fingerprint density at radius 1 is 0.842 bits per heavy atom. The van der Waals surface area contributed by atoms with E-state index in [-0.39, 0.29) is 7.48 Å². The van der Waals surface area contributed by atoms with E-state index in [2.05, 4.69) is 24.3 Å². The molecule has 0 bridgehead atoms. The summed E-state index contributed by atoms with van der Waals surface area (Å²) in [4.78, 5) is 0. The van der Waals surface area contributed by atoms with Crippen LogP contribution in [0.15, 0.2) is 59.0 Å². The van der Waals surface area contributed by atoms with E-state index in [1.807, 2.05) is 30.3 Å². The van der Waals surface area contributed by atoms with Gasteiger partial charge in [0.25, 0.3) is 0 Å². The molecule has 0 aliphatic rings. The Bertz CT molecular complexity index is 908. The molecule has 1 heterocycles. The van der Waals surface area contributed by atoms with Gasteiger partial charge in [0, 0.05) is 10.8 Å². The number of fused-ring (bicyclic) bond motifs is 4. The first-order chi connectivity index (χ1) is 9.36. The van der Waals surface area contributed by atoms with Gasteiger partial charge in [-0.25, -0.2) is 0 Å². The highest BCUT2D eigenvalue weighted by Gasteiger charge is 2.11. The Morgan fingerprint density at radius 2 is 1.63 bits per heavy atom. The van der Waals surface area contributed by atoms with E-state index >= 15 is 0 Å². The molecule has 4 rings (SSSR count). The first-order valence-corrected chi connectivity index (χ1v) is 6.30. The van der Waals surface area contributed by atoms with Gasteiger partial charge in [0.15, 0.2) is 0 Å². The van der Waals surface area contributed by atoms with E-state index in [9.17, 15) is 5.02 Å². The summed E-state index contributed by atoms with van der Waals surface area (Å²) >= 11 is 0. The van der Waals surface area contributed by atoms with Gasteiger partial charge in [0.05, 0.1) is 0 Å². The molecule has 1 aromatic heterocycles. The van der Waals surface area contributed by atoms with E-state index in [4.69, 9.17) is 4.42 Å². The molecule has 0 amide bonds. The van der Waals surface area contributed by atoms with Crippen LogP contribution >= 0.6 is 0 Å². The summed E-state index contributed by atoms with van der Waals surface area (Å²) in [5, 5.41) is 13.9. The van der Waals surface area contributed by atoms with Gasteiger partial charge >= 0.3 is 7.48 Å². The van der Waals surface area contributed by atoms with Crippen molar-refractivity contribution in [2.75, 3.05) is 0 Å². The van der Waals surface area contributed by atoms with Crippen LogP contribution in [-0.4, -0.2) is 12.5 Å². The first kappa shape index (κ1) is 10.6. The normalized spacial score (nSPS) is 11.4. The molecule has 0 fully saturated rings. The average molecular weight is 246 g/mol. The molecule has 3 aromatic carbocycles. The predicted molar refractivity (Wildman–Crippen MR) is 80.2 cm³/mol. The van der Waals surface area contributed by atoms with Crippen LogP contribution in [-0.2, 0) is 0 Å². The SMILES string of the molecule is OBc1cccc2oc3cc4ccccc4cc3c12. The molecule has 0 unspecified atom stereocenters. The maximum absolute atomic E-state index is 9.49. The number of furan rings is 1. The molecule has 0 aliphatic heterocycles. The van der Waals surface area contributed by atoms with Gasteiger partial charge < -0.3 is 9.44 Å². The van der Waals surface area contributed by atoms with Gasteiger partial charge in [-0.2, -0.15) is 0 Å². The van der Waals surface area contributed by atoms with Gasteiger partial charge in [-0.3, -0.25) is 0 Å². The second-order valence-corrected chi connectivity index (χ2v) is 4.75. The summed E-state index contributed by atoms with van der Waals surface area (Å²) in [7, 11) is 0.0266. The second-order valence-electron chi connectivity index (χ2n) is 4.75. The highest BCUT2D eigenvalue weighted by Crippen LogP contribution is 2.30. The smallest absolute Gasteiger partial charge is 0.305 e. The Balaban J connectivity index is 2.24. The van der Waals surface area contributed by atoms with E-state index in [0.717, 1.165) is 27.4 Å². The van der Waals surface area contributed by atoms with E-state index in [1.54, 1.807) is 0 Å². The van der Waals surface area contributed by atoms with Gasteiger partial charge in [-0.1, -0.05) is 36.4 Å². The van der Waals surface area contributed by atoms with Gasteiger partial charge in [-0.05, 0) is 34.4 Å². The standard InChI is InChI=1S/C16H11BO2/c18-17-13-6-3-7-14-16(13)12-8-10-4-1-2-5-11(10)9-15(12)19-14/h1-9,17-18H. The zero-order chi connectivity index (χ0) is 12.8. The van der Waals surface area contributed by atoms with Gasteiger partial charge in [-0.15, -0.1) is 0 Å². The molecule has 0 saturated heterocycles. The number of rotatable bonds is 1. The Hall–Kier alpha value is -2.26. The fourth-order valence-corrected chi connectivity index (χ4v) is 2.72. The summed E-state index contributed by atoms with van der Waals surface area (Å²) in [5.74, 6) is 0. The second kappa shape index (κ2) is 3.87. The molecule has 0 spiro atoms. The van der Waals surface area contributed by atoms with Crippen molar-refractivity contribution in [3.63, 3.8) is 0 Å². The summed E-state index contributed by atoms with van der Waals surface area (Å²) in [5.41, 5.74) is 2.61. The average Bonchev–Trinajstić information content (AvgIpc) is 2.82. The quantitative estimate of drug-likeness (QED) is 0.524. The zero-order valence-corrected chi connectivity index (χ0v) is 10.3. The molecule has 1 N–H and O–H groups in total. The number of benzene rings is 3.